The van der Waals surface area contributed by atoms with Gasteiger partial charge >= 0.3 is 0 Å². The minimum Gasteiger partial charge on any atom is -0.346 e. The van der Waals surface area contributed by atoms with Gasteiger partial charge in [-0.15, -0.1) is 0 Å². The molecule has 0 saturated heterocycles. The average Bonchev–Trinajstić information content (AvgIpc) is 3.09. The lowest BCUT2D eigenvalue weighted by Crippen LogP contribution is -2.26. The van der Waals surface area contributed by atoms with Crippen LogP contribution in [0.1, 0.15) is 34.5 Å². The summed E-state index contributed by atoms with van der Waals surface area (Å²) < 4.78 is 1.74. The third kappa shape index (κ3) is 3.83. The molecule has 2 aromatic carbocycles. The summed E-state index contributed by atoms with van der Waals surface area (Å²) in [7, 11) is 0. The number of hydrogen-bond acceptors (Lipinski definition) is 3. The van der Waals surface area contributed by atoms with Crippen LogP contribution in [-0.2, 0) is 6.54 Å². The van der Waals surface area contributed by atoms with E-state index in [9.17, 15) is 4.79 Å². The summed E-state index contributed by atoms with van der Waals surface area (Å²) in [5.74, 6) is -0.0753. The van der Waals surface area contributed by atoms with Gasteiger partial charge in [0.15, 0.2) is 0 Å². The van der Waals surface area contributed by atoms with E-state index < -0.39 is 0 Å². The van der Waals surface area contributed by atoms with Crippen LogP contribution in [-0.4, -0.2) is 20.7 Å². The molecule has 0 spiro atoms. The minimum atomic E-state index is -0.0753. The van der Waals surface area contributed by atoms with Gasteiger partial charge in [0.2, 0.25) is 0 Å². The van der Waals surface area contributed by atoms with E-state index in [-0.39, 0.29) is 11.9 Å². The first-order chi connectivity index (χ1) is 11.2. The quantitative estimate of drug-likeness (QED) is 0.788. The lowest BCUT2D eigenvalue weighted by atomic mass is 10.1. The lowest BCUT2D eigenvalue weighted by molar-refractivity contribution is 0.0940. The zero-order valence-electron chi connectivity index (χ0n) is 12.9. The smallest absolute Gasteiger partial charge is 0.251 e. The van der Waals surface area contributed by atoms with Crippen molar-refractivity contribution in [3.8, 4) is 0 Å². The zero-order valence-corrected chi connectivity index (χ0v) is 12.9. The summed E-state index contributed by atoms with van der Waals surface area (Å²) >= 11 is 0. The summed E-state index contributed by atoms with van der Waals surface area (Å²) in [6, 6.07) is 17.4. The highest BCUT2D eigenvalue weighted by Crippen LogP contribution is 2.13. The standard InChI is InChI=1S/C18H18N4O/c1-14(16-5-3-2-4-6-16)21-18(23)17-9-7-15(8-10-17)11-22-13-19-12-20-22/h2-10,12-14H,11H2,1H3,(H,21,23)/t14-/m1/s1. The fourth-order valence-electron chi connectivity index (χ4n) is 2.37. The molecule has 0 aliphatic rings. The maximum atomic E-state index is 12.3. The number of rotatable bonds is 5. The second-order valence-corrected chi connectivity index (χ2v) is 5.40. The van der Waals surface area contributed by atoms with Crippen LogP contribution in [0.4, 0.5) is 0 Å². The number of aromatic nitrogens is 3. The summed E-state index contributed by atoms with van der Waals surface area (Å²) in [5.41, 5.74) is 2.81. The molecule has 1 heterocycles. The van der Waals surface area contributed by atoms with E-state index in [1.165, 1.54) is 6.33 Å². The Labute approximate surface area is 135 Å². The van der Waals surface area contributed by atoms with Gasteiger partial charge in [-0.1, -0.05) is 42.5 Å². The van der Waals surface area contributed by atoms with Crippen LogP contribution in [0.25, 0.3) is 0 Å². The molecule has 1 amide bonds. The Balaban J connectivity index is 1.63. The first-order valence-electron chi connectivity index (χ1n) is 7.49. The monoisotopic (exact) mass is 306 g/mol. The molecule has 5 nitrogen and oxygen atoms in total. The molecule has 5 heteroatoms. The van der Waals surface area contributed by atoms with Crippen molar-refractivity contribution in [3.63, 3.8) is 0 Å². The van der Waals surface area contributed by atoms with E-state index in [4.69, 9.17) is 0 Å². The molecule has 116 valence electrons. The van der Waals surface area contributed by atoms with Gasteiger partial charge in [-0.25, -0.2) is 9.67 Å². The Bertz CT molecular complexity index is 751. The third-order valence-electron chi connectivity index (χ3n) is 3.67. The molecule has 3 rings (SSSR count). The Morgan fingerprint density at radius 1 is 1.13 bits per heavy atom. The van der Waals surface area contributed by atoms with Crippen molar-refractivity contribution in [1.82, 2.24) is 20.1 Å². The normalized spacial score (nSPS) is 11.9. The molecule has 1 N–H and O–H groups in total. The Morgan fingerprint density at radius 3 is 2.52 bits per heavy atom. The summed E-state index contributed by atoms with van der Waals surface area (Å²) in [4.78, 5) is 16.2. The van der Waals surface area contributed by atoms with E-state index >= 15 is 0 Å². The van der Waals surface area contributed by atoms with Gasteiger partial charge < -0.3 is 5.32 Å². The number of nitrogens with zero attached hydrogens (tertiary/aromatic N) is 3. The molecule has 0 unspecified atom stereocenters. The van der Waals surface area contributed by atoms with Gasteiger partial charge in [0, 0.05) is 5.56 Å². The van der Waals surface area contributed by atoms with E-state index in [2.05, 4.69) is 15.4 Å². The SMILES string of the molecule is C[C@@H](NC(=O)c1ccc(Cn2cncn2)cc1)c1ccccc1. The van der Waals surface area contributed by atoms with Crippen LogP contribution >= 0.6 is 0 Å². The number of amides is 1. The summed E-state index contributed by atoms with van der Waals surface area (Å²) in [5, 5.41) is 7.08. The van der Waals surface area contributed by atoms with Gasteiger partial charge in [-0.2, -0.15) is 5.10 Å². The molecule has 0 fully saturated rings. The maximum Gasteiger partial charge on any atom is 0.251 e. The van der Waals surface area contributed by atoms with E-state index in [0.29, 0.717) is 12.1 Å². The highest BCUT2D eigenvalue weighted by Gasteiger charge is 2.11. The van der Waals surface area contributed by atoms with Crippen LogP contribution in [0.3, 0.4) is 0 Å². The van der Waals surface area contributed by atoms with Gasteiger partial charge in [-0.05, 0) is 30.2 Å². The molecule has 23 heavy (non-hydrogen) atoms. The predicted octanol–water partition coefficient (Wildman–Crippen LogP) is 2.82. The van der Waals surface area contributed by atoms with Crippen LogP contribution in [0, 0.1) is 0 Å². The fourth-order valence-corrected chi connectivity index (χ4v) is 2.37. The summed E-state index contributed by atoms with van der Waals surface area (Å²) in [6.07, 6.45) is 3.18. The molecule has 0 radical (unpaired) electrons. The van der Waals surface area contributed by atoms with Gasteiger partial charge in [-0.3, -0.25) is 4.79 Å². The highest BCUT2D eigenvalue weighted by molar-refractivity contribution is 5.94. The van der Waals surface area contributed by atoms with Crippen molar-refractivity contribution < 1.29 is 4.79 Å². The topological polar surface area (TPSA) is 59.8 Å². The number of carbonyl (C=O) groups is 1. The van der Waals surface area contributed by atoms with E-state index in [0.717, 1.165) is 11.1 Å². The molecule has 1 atom stereocenters. The molecule has 0 aliphatic heterocycles. The van der Waals surface area contributed by atoms with Crippen molar-refractivity contribution >= 4 is 5.91 Å². The lowest BCUT2D eigenvalue weighted by Gasteiger charge is -2.14. The van der Waals surface area contributed by atoms with Crippen molar-refractivity contribution in [2.45, 2.75) is 19.5 Å². The predicted molar refractivity (Wildman–Crippen MR) is 87.9 cm³/mol. The van der Waals surface area contributed by atoms with Crippen molar-refractivity contribution in [3.05, 3.63) is 83.9 Å². The Hall–Kier alpha value is -2.95. The number of benzene rings is 2. The van der Waals surface area contributed by atoms with Gasteiger partial charge in [0.1, 0.15) is 12.7 Å². The Kier molecular flexibility index (Phi) is 4.47. The third-order valence-corrected chi connectivity index (χ3v) is 3.67. The molecule has 0 saturated carbocycles. The van der Waals surface area contributed by atoms with Crippen molar-refractivity contribution in [1.29, 1.82) is 0 Å². The van der Waals surface area contributed by atoms with E-state index in [1.807, 2.05) is 61.5 Å². The highest BCUT2D eigenvalue weighted by atomic mass is 16.1. The minimum absolute atomic E-state index is 0.0291. The van der Waals surface area contributed by atoms with Gasteiger partial charge in [0.25, 0.3) is 5.91 Å². The summed E-state index contributed by atoms with van der Waals surface area (Å²) in [6.45, 7) is 2.62. The number of nitrogens with one attached hydrogen (secondary N) is 1. The van der Waals surface area contributed by atoms with Crippen LogP contribution in [0.15, 0.2) is 67.3 Å². The van der Waals surface area contributed by atoms with E-state index in [1.54, 1.807) is 11.0 Å². The molecule has 0 aliphatic carbocycles. The Morgan fingerprint density at radius 2 is 1.87 bits per heavy atom. The van der Waals surface area contributed by atoms with Gasteiger partial charge in [0.05, 0.1) is 12.6 Å². The van der Waals surface area contributed by atoms with Crippen LogP contribution in [0.2, 0.25) is 0 Å². The molecular weight excluding hydrogens is 288 g/mol. The number of carbonyl (C=O) groups excluding carboxylic acids is 1. The van der Waals surface area contributed by atoms with Crippen LogP contribution in [0.5, 0.6) is 0 Å². The first kappa shape index (κ1) is 15.0. The van der Waals surface area contributed by atoms with Crippen molar-refractivity contribution in [2.24, 2.45) is 0 Å². The maximum absolute atomic E-state index is 12.3. The van der Waals surface area contributed by atoms with Crippen LogP contribution < -0.4 is 5.32 Å². The second-order valence-electron chi connectivity index (χ2n) is 5.40. The second kappa shape index (κ2) is 6.87. The zero-order chi connectivity index (χ0) is 16.1. The fraction of sp³-hybridized carbons (Fsp3) is 0.167. The van der Waals surface area contributed by atoms with Crippen molar-refractivity contribution in [2.75, 3.05) is 0 Å². The molecule has 0 bridgehead atoms. The first-order valence-corrected chi connectivity index (χ1v) is 7.49. The number of hydrogen-bond donors (Lipinski definition) is 1. The average molecular weight is 306 g/mol. The molecule has 3 aromatic rings. The largest absolute Gasteiger partial charge is 0.346 e. The molecular formula is C18H18N4O. The molecule has 1 aromatic heterocycles.